The smallest absolute Gasteiger partial charge is 0.306 e. The average Bonchev–Trinajstić information content (AvgIpc) is 2.57. The summed E-state index contributed by atoms with van der Waals surface area (Å²) in [5, 5.41) is 0. The third-order valence-corrected chi connectivity index (χ3v) is 4.56. The third-order valence-electron chi connectivity index (χ3n) is 4.56. The Hall–Kier alpha value is -0.440. The number of ether oxygens (including phenoxy) is 3. The fraction of sp³-hybridized carbons (Fsp3) is 0.941. The van der Waals surface area contributed by atoms with Gasteiger partial charge >= 0.3 is 5.97 Å². The second-order valence-electron chi connectivity index (χ2n) is 6.55. The zero-order chi connectivity index (χ0) is 16.3. The Morgan fingerprint density at radius 1 is 1.12 bits per heavy atom. The molecule has 2 fully saturated rings. The van der Waals surface area contributed by atoms with Gasteiger partial charge in [-0.1, -0.05) is 19.8 Å². The lowest BCUT2D eigenvalue weighted by molar-refractivity contribution is -0.910. The molecule has 2 aliphatic heterocycles. The minimum Gasteiger partial charge on any atom is -1.00 e. The van der Waals surface area contributed by atoms with Gasteiger partial charge in [0.25, 0.3) is 0 Å². The molecule has 8 heteroatoms. The standard InChI is InChI=1S/C17H32N2O4.ClH.H2O/c1-2-3-4-5-17(20)23-16(14-18-6-10-21-11-7-18)15-19-8-12-22-13-9-19;;/h16H,2-15H2,1H3;1H;1H2. The summed E-state index contributed by atoms with van der Waals surface area (Å²) in [7, 11) is 0. The fourth-order valence-corrected chi connectivity index (χ4v) is 3.17. The van der Waals surface area contributed by atoms with Crippen molar-refractivity contribution in [3.05, 3.63) is 0 Å². The highest BCUT2D eigenvalue weighted by atomic mass is 35.5. The van der Waals surface area contributed by atoms with E-state index in [1.807, 2.05) is 0 Å². The molecule has 7 nitrogen and oxygen atoms in total. The molecule has 1 unspecified atom stereocenters. The Kier molecular flexibility index (Phi) is 14.4. The first-order valence-electron chi connectivity index (χ1n) is 9.19. The first-order valence-corrected chi connectivity index (χ1v) is 9.19. The van der Waals surface area contributed by atoms with Gasteiger partial charge in [-0.25, -0.2) is 0 Å². The molecule has 0 aliphatic carbocycles. The number of morpholine rings is 2. The quantitative estimate of drug-likeness (QED) is 0.324. The lowest BCUT2D eigenvalue weighted by Crippen LogP contribution is -3.15. The molecule has 3 N–H and O–H groups in total. The van der Waals surface area contributed by atoms with Gasteiger partial charge in [-0.15, -0.1) is 0 Å². The van der Waals surface area contributed by atoms with E-state index in [4.69, 9.17) is 14.2 Å². The number of nitrogens with one attached hydrogen (secondary N) is 1. The van der Waals surface area contributed by atoms with Crippen molar-refractivity contribution < 1.29 is 41.8 Å². The van der Waals surface area contributed by atoms with Gasteiger partial charge in [0.15, 0.2) is 6.10 Å². The maximum absolute atomic E-state index is 12.1. The van der Waals surface area contributed by atoms with E-state index in [9.17, 15) is 4.79 Å². The third kappa shape index (κ3) is 10.3. The summed E-state index contributed by atoms with van der Waals surface area (Å²) in [6.07, 6.45) is 3.69. The molecular weight excluding hydrogens is 348 g/mol. The number of unbranched alkanes of at least 4 members (excludes halogenated alkanes) is 2. The number of esters is 1. The summed E-state index contributed by atoms with van der Waals surface area (Å²) in [4.78, 5) is 15.9. The Balaban J connectivity index is 0.00000288. The molecule has 0 radical (unpaired) electrons. The molecule has 150 valence electrons. The normalized spacial score (nSPS) is 20.2. The molecule has 25 heavy (non-hydrogen) atoms. The Morgan fingerprint density at radius 3 is 2.40 bits per heavy atom. The monoisotopic (exact) mass is 382 g/mol. The van der Waals surface area contributed by atoms with Gasteiger partial charge in [0, 0.05) is 26.1 Å². The molecule has 2 heterocycles. The van der Waals surface area contributed by atoms with Gasteiger partial charge in [-0.05, 0) is 6.42 Å². The van der Waals surface area contributed by atoms with Gasteiger partial charge in [0.05, 0.1) is 26.4 Å². The van der Waals surface area contributed by atoms with E-state index in [-0.39, 0.29) is 30.0 Å². The summed E-state index contributed by atoms with van der Waals surface area (Å²) < 4.78 is 16.6. The van der Waals surface area contributed by atoms with Gasteiger partial charge in [-0.2, -0.15) is 0 Å². The molecule has 0 amide bonds. The van der Waals surface area contributed by atoms with Crippen LogP contribution in [-0.4, -0.2) is 88.1 Å². The molecule has 0 saturated carbocycles. The van der Waals surface area contributed by atoms with E-state index < -0.39 is 0 Å². The lowest BCUT2D eigenvalue weighted by Gasteiger charge is -2.32. The molecule has 2 rings (SSSR count). The van der Waals surface area contributed by atoms with Crippen LogP contribution in [0.25, 0.3) is 0 Å². The van der Waals surface area contributed by atoms with Crippen molar-refractivity contribution in [2.75, 3.05) is 65.7 Å². The highest BCUT2D eigenvalue weighted by molar-refractivity contribution is 5.69. The summed E-state index contributed by atoms with van der Waals surface area (Å²) >= 11 is 0. The summed E-state index contributed by atoms with van der Waals surface area (Å²) in [5.74, 6) is -0.0376. The number of rotatable bonds is 9. The number of carbonyl (C=O) groups is 1. The van der Waals surface area contributed by atoms with Crippen molar-refractivity contribution in [1.29, 1.82) is 0 Å². The van der Waals surface area contributed by atoms with Crippen molar-refractivity contribution in [2.45, 2.75) is 38.7 Å². The van der Waals surface area contributed by atoms with Gasteiger partial charge in [0.2, 0.25) is 0 Å². The molecule has 0 aromatic carbocycles. The zero-order valence-corrected chi connectivity index (χ0v) is 16.2. The highest BCUT2D eigenvalue weighted by Gasteiger charge is 2.25. The van der Waals surface area contributed by atoms with E-state index in [1.54, 1.807) is 0 Å². The first-order chi connectivity index (χ1) is 11.3. The number of halogens is 1. The minimum atomic E-state index is -0.0376. The maximum atomic E-state index is 12.1. The Labute approximate surface area is 157 Å². The minimum absolute atomic E-state index is 0. The van der Waals surface area contributed by atoms with Gasteiger partial charge in [-0.3, -0.25) is 9.69 Å². The second-order valence-corrected chi connectivity index (χ2v) is 6.55. The molecule has 2 saturated heterocycles. The number of hydrogen-bond donors (Lipinski definition) is 1. The zero-order valence-electron chi connectivity index (χ0n) is 15.4. The predicted molar refractivity (Wildman–Crippen MR) is 91.3 cm³/mol. The topological polar surface area (TPSA) is 83.9 Å². The van der Waals surface area contributed by atoms with E-state index in [1.165, 1.54) is 4.90 Å². The van der Waals surface area contributed by atoms with Crippen LogP contribution in [-0.2, 0) is 19.0 Å². The van der Waals surface area contributed by atoms with Crippen molar-refractivity contribution in [1.82, 2.24) is 4.90 Å². The molecule has 2 aliphatic rings. The van der Waals surface area contributed by atoms with Gasteiger partial charge < -0.3 is 37.0 Å². The van der Waals surface area contributed by atoms with E-state index >= 15 is 0 Å². The molecule has 0 spiro atoms. The molecule has 0 aromatic heterocycles. The fourth-order valence-electron chi connectivity index (χ4n) is 3.17. The van der Waals surface area contributed by atoms with Crippen LogP contribution in [0.2, 0.25) is 0 Å². The van der Waals surface area contributed by atoms with Crippen LogP contribution in [0.1, 0.15) is 32.6 Å². The maximum Gasteiger partial charge on any atom is 0.306 e. The van der Waals surface area contributed by atoms with Crippen molar-refractivity contribution in [3.8, 4) is 0 Å². The van der Waals surface area contributed by atoms with Crippen LogP contribution in [0.5, 0.6) is 0 Å². The van der Waals surface area contributed by atoms with Crippen molar-refractivity contribution >= 4 is 5.97 Å². The lowest BCUT2D eigenvalue weighted by atomic mass is 10.2. The van der Waals surface area contributed by atoms with E-state index in [2.05, 4.69) is 11.8 Å². The van der Waals surface area contributed by atoms with E-state index in [0.717, 1.165) is 85.0 Å². The number of hydrogen-bond acceptors (Lipinski definition) is 5. The SMILES string of the molecule is CCCCCC(=O)OC(CN1CCOCC1)C[NH+]1CCOCC1.O.[Cl-]. The van der Waals surface area contributed by atoms with Crippen LogP contribution in [0.15, 0.2) is 0 Å². The Morgan fingerprint density at radius 2 is 1.76 bits per heavy atom. The summed E-state index contributed by atoms with van der Waals surface area (Å²) in [6.45, 7) is 10.9. The van der Waals surface area contributed by atoms with Crippen molar-refractivity contribution in [2.24, 2.45) is 0 Å². The van der Waals surface area contributed by atoms with Crippen LogP contribution in [0.3, 0.4) is 0 Å². The van der Waals surface area contributed by atoms with Crippen LogP contribution >= 0.6 is 0 Å². The van der Waals surface area contributed by atoms with Crippen LogP contribution < -0.4 is 17.3 Å². The van der Waals surface area contributed by atoms with E-state index in [0.29, 0.717) is 6.42 Å². The average molecular weight is 383 g/mol. The number of carbonyl (C=O) groups excluding carboxylic acids is 1. The van der Waals surface area contributed by atoms with Crippen molar-refractivity contribution in [3.63, 3.8) is 0 Å². The number of nitrogens with zero attached hydrogens (tertiary/aromatic N) is 1. The highest BCUT2D eigenvalue weighted by Crippen LogP contribution is 2.05. The number of quaternary nitrogens is 1. The molecule has 1 atom stereocenters. The molecule has 0 aromatic rings. The Bertz CT molecular complexity index is 317. The largest absolute Gasteiger partial charge is 1.00 e. The van der Waals surface area contributed by atoms with Gasteiger partial charge in [0.1, 0.15) is 19.6 Å². The molecular formula is C17H35ClN2O5. The summed E-state index contributed by atoms with van der Waals surface area (Å²) in [6, 6.07) is 0. The first kappa shape index (κ1) is 24.6. The second kappa shape index (κ2) is 14.7. The summed E-state index contributed by atoms with van der Waals surface area (Å²) in [5.41, 5.74) is 0. The predicted octanol–water partition coefficient (Wildman–Crippen LogP) is -4.09. The molecule has 0 bridgehead atoms. The van der Waals surface area contributed by atoms with Crippen LogP contribution in [0.4, 0.5) is 0 Å². The van der Waals surface area contributed by atoms with Crippen LogP contribution in [0, 0.1) is 0 Å².